The van der Waals surface area contributed by atoms with E-state index in [1.54, 1.807) is 4.90 Å². The molecule has 5 nitrogen and oxygen atoms in total. The Morgan fingerprint density at radius 1 is 1.36 bits per heavy atom. The Morgan fingerprint density at radius 3 is 2.77 bits per heavy atom. The van der Waals surface area contributed by atoms with Crippen LogP contribution >= 0.6 is 0 Å². The minimum atomic E-state index is -0.205. The third-order valence-corrected chi connectivity index (χ3v) is 3.55. The van der Waals surface area contributed by atoms with Crippen LogP contribution in [-0.2, 0) is 4.79 Å². The molecule has 1 amide bonds. The van der Waals surface area contributed by atoms with Crippen LogP contribution in [0.15, 0.2) is 36.0 Å². The first-order valence-electron chi connectivity index (χ1n) is 7.64. The van der Waals surface area contributed by atoms with Crippen LogP contribution in [0.25, 0.3) is 0 Å². The Labute approximate surface area is 131 Å². The zero-order valence-electron chi connectivity index (χ0n) is 12.8. The Balaban J connectivity index is 2.09. The molecule has 0 radical (unpaired) electrons. The van der Waals surface area contributed by atoms with E-state index >= 15 is 0 Å². The lowest BCUT2D eigenvalue weighted by molar-refractivity contribution is -0.127. The summed E-state index contributed by atoms with van der Waals surface area (Å²) in [6.07, 6.45) is 4.63. The van der Waals surface area contributed by atoms with Gasteiger partial charge in [-0.2, -0.15) is 5.26 Å². The third-order valence-electron chi connectivity index (χ3n) is 3.55. The summed E-state index contributed by atoms with van der Waals surface area (Å²) in [5.74, 6) is 0.493. The predicted octanol–water partition coefficient (Wildman–Crippen LogP) is 2.92. The highest BCUT2D eigenvalue weighted by Crippen LogP contribution is 2.24. The standard InChI is InChI=1S/C17H21N3O2/c1-2-22-16-9-5-4-8-15(16)19-13-14(12-18)17(21)20-10-6-3-7-11-20/h4-5,8-9,13,19H,2-3,6-7,10-11H2,1H3/b14-13-. The molecular weight excluding hydrogens is 278 g/mol. The molecule has 0 bridgehead atoms. The number of carbonyl (C=O) groups is 1. The van der Waals surface area contributed by atoms with Gasteiger partial charge in [-0.15, -0.1) is 0 Å². The van der Waals surface area contributed by atoms with Gasteiger partial charge in [0.2, 0.25) is 0 Å². The number of rotatable bonds is 5. The lowest BCUT2D eigenvalue weighted by atomic mass is 10.1. The number of hydrogen-bond acceptors (Lipinski definition) is 4. The molecule has 1 heterocycles. The van der Waals surface area contributed by atoms with E-state index in [0.29, 0.717) is 12.4 Å². The summed E-state index contributed by atoms with van der Waals surface area (Å²) in [5.41, 5.74) is 0.858. The molecule has 116 valence electrons. The molecule has 0 saturated carbocycles. The van der Waals surface area contributed by atoms with Gasteiger partial charge in [-0.3, -0.25) is 4.79 Å². The van der Waals surface area contributed by atoms with Crippen molar-refractivity contribution in [3.05, 3.63) is 36.0 Å². The average Bonchev–Trinajstić information content (AvgIpc) is 2.57. The van der Waals surface area contributed by atoms with Gasteiger partial charge >= 0.3 is 0 Å². The molecule has 1 N–H and O–H groups in total. The molecule has 1 aliphatic heterocycles. The number of carbonyl (C=O) groups excluding carboxylic acids is 1. The summed E-state index contributed by atoms with van der Waals surface area (Å²) in [7, 11) is 0. The number of nitriles is 1. The summed E-state index contributed by atoms with van der Waals surface area (Å²) in [6.45, 7) is 3.92. The van der Waals surface area contributed by atoms with Crippen molar-refractivity contribution in [1.29, 1.82) is 5.26 Å². The number of piperidine rings is 1. The lowest BCUT2D eigenvalue weighted by Crippen LogP contribution is -2.36. The molecule has 1 aromatic rings. The maximum atomic E-state index is 12.3. The number of nitrogens with one attached hydrogen (secondary N) is 1. The van der Waals surface area contributed by atoms with Crippen molar-refractivity contribution < 1.29 is 9.53 Å². The molecule has 1 fully saturated rings. The highest BCUT2D eigenvalue weighted by Gasteiger charge is 2.20. The molecule has 22 heavy (non-hydrogen) atoms. The van der Waals surface area contributed by atoms with Gasteiger partial charge in [-0.1, -0.05) is 12.1 Å². The van der Waals surface area contributed by atoms with E-state index in [-0.39, 0.29) is 11.5 Å². The Hall–Kier alpha value is -2.48. The number of anilines is 1. The quantitative estimate of drug-likeness (QED) is 0.670. The maximum Gasteiger partial charge on any atom is 0.266 e. The maximum absolute atomic E-state index is 12.3. The molecule has 0 aromatic heterocycles. The fourth-order valence-electron chi connectivity index (χ4n) is 2.43. The van der Waals surface area contributed by atoms with Crippen molar-refractivity contribution in [2.24, 2.45) is 0 Å². The number of hydrogen-bond donors (Lipinski definition) is 1. The fraction of sp³-hybridized carbons (Fsp3) is 0.412. The number of benzene rings is 1. The monoisotopic (exact) mass is 299 g/mol. The number of likely N-dealkylation sites (tertiary alicyclic amines) is 1. The molecule has 0 atom stereocenters. The van der Waals surface area contributed by atoms with E-state index in [0.717, 1.165) is 38.0 Å². The van der Waals surface area contributed by atoms with Gasteiger partial charge in [0, 0.05) is 19.3 Å². The van der Waals surface area contributed by atoms with Crippen LogP contribution in [-0.4, -0.2) is 30.5 Å². The molecule has 1 saturated heterocycles. The van der Waals surface area contributed by atoms with Gasteiger partial charge in [0.1, 0.15) is 17.4 Å². The molecule has 0 aliphatic carbocycles. The number of para-hydroxylation sites is 2. The second kappa shape index (κ2) is 8.08. The van der Waals surface area contributed by atoms with E-state index in [4.69, 9.17) is 4.74 Å². The normalized spacial score (nSPS) is 15.1. The topological polar surface area (TPSA) is 65.4 Å². The van der Waals surface area contributed by atoms with E-state index in [9.17, 15) is 10.1 Å². The molecular formula is C17H21N3O2. The number of ether oxygens (including phenoxy) is 1. The largest absolute Gasteiger partial charge is 0.492 e. The Bertz CT molecular complexity index is 584. The highest BCUT2D eigenvalue weighted by molar-refractivity contribution is 5.97. The Kier molecular flexibility index (Phi) is 5.84. The van der Waals surface area contributed by atoms with Gasteiger partial charge in [0.15, 0.2) is 0 Å². The molecule has 0 unspecified atom stereocenters. The van der Waals surface area contributed by atoms with Gasteiger partial charge in [-0.05, 0) is 38.3 Å². The van der Waals surface area contributed by atoms with Crippen molar-refractivity contribution in [3.63, 3.8) is 0 Å². The Morgan fingerprint density at radius 2 is 2.09 bits per heavy atom. The van der Waals surface area contributed by atoms with Crippen LogP contribution in [0.3, 0.4) is 0 Å². The van der Waals surface area contributed by atoms with Crippen molar-refractivity contribution in [2.45, 2.75) is 26.2 Å². The summed E-state index contributed by atoms with van der Waals surface area (Å²) in [4.78, 5) is 14.1. The SMILES string of the molecule is CCOc1ccccc1N/C=C(/C#N)C(=O)N1CCCCC1. The first-order chi connectivity index (χ1) is 10.8. The van der Waals surface area contributed by atoms with Gasteiger partial charge in [0.05, 0.1) is 12.3 Å². The zero-order chi connectivity index (χ0) is 15.8. The summed E-state index contributed by atoms with van der Waals surface area (Å²) >= 11 is 0. The number of nitrogens with zero attached hydrogens (tertiary/aromatic N) is 2. The second-order valence-electron chi connectivity index (χ2n) is 5.10. The van der Waals surface area contributed by atoms with E-state index in [2.05, 4.69) is 5.32 Å². The van der Waals surface area contributed by atoms with Crippen LogP contribution in [0.4, 0.5) is 5.69 Å². The summed E-state index contributed by atoms with van der Waals surface area (Å²) in [5, 5.41) is 12.3. The van der Waals surface area contributed by atoms with Gasteiger partial charge < -0.3 is 15.0 Å². The predicted molar refractivity (Wildman–Crippen MR) is 85.4 cm³/mol. The van der Waals surface area contributed by atoms with Crippen molar-refractivity contribution in [2.75, 3.05) is 25.0 Å². The highest BCUT2D eigenvalue weighted by atomic mass is 16.5. The summed E-state index contributed by atoms with van der Waals surface area (Å²) < 4.78 is 5.51. The van der Waals surface area contributed by atoms with Crippen LogP contribution in [0.5, 0.6) is 5.75 Å². The molecule has 0 spiro atoms. The van der Waals surface area contributed by atoms with Crippen molar-refractivity contribution >= 4 is 11.6 Å². The smallest absolute Gasteiger partial charge is 0.266 e. The van der Waals surface area contributed by atoms with Crippen molar-refractivity contribution in [1.82, 2.24) is 4.90 Å². The molecule has 1 aliphatic rings. The van der Waals surface area contributed by atoms with Crippen LogP contribution in [0.2, 0.25) is 0 Å². The van der Waals surface area contributed by atoms with E-state index in [1.165, 1.54) is 6.20 Å². The summed E-state index contributed by atoms with van der Waals surface area (Å²) in [6, 6.07) is 9.43. The van der Waals surface area contributed by atoms with E-state index < -0.39 is 0 Å². The average molecular weight is 299 g/mol. The minimum Gasteiger partial charge on any atom is -0.492 e. The van der Waals surface area contributed by atoms with Crippen LogP contribution in [0.1, 0.15) is 26.2 Å². The second-order valence-corrected chi connectivity index (χ2v) is 5.10. The first-order valence-corrected chi connectivity index (χ1v) is 7.64. The molecule has 5 heteroatoms. The van der Waals surface area contributed by atoms with E-state index in [1.807, 2.05) is 37.3 Å². The fourth-order valence-corrected chi connectivity index (χ4v) is 2.43. The van der Waals surface area contributed by atoms with Crippen LogP contribution in [0, 0.1) is 11.3 Å². The zero-order valence-corrected chi connectivity index (χ0v) is 12.8. The first kappa shape index (κ1) is 15.9. The van der Waals surface area contributed by atoms with Crippen molar-refractivity contribution in [3.8, 4) is 11.8 Å². The number of amides is 1. The lowest BCUT2D eigenvalue weighted by Gasteiger charge is -2.26. The van der Waals surface area contributed by atoms with Gasteiger partial charge in [0.25, 0.3) is 5.91 Å². The molecule has 1 aromatic carbocycles. The van der Waals surface area contributed by atoms with Crippen LogP contribution < -0.4 is 10.1 Å². The molecule has 2 rings (SSSR count). The minimum absolute atomic E-state index is 0.119. The van der Waals surface area contributed by atoms with Gasteiger partial charge in [-0.25, -0.2) is 0 Å². The third kappa shape index (κ3) is 4.01.